The molecular weight excluding hydrogens is 366 g/mol. The summed E-state index contributed by atoms with van der Waals surface area (Å²) in [4.78, 5) is 8.90. The van der Waals surface area contributed by atoms with Gasteiger partial charge in [-0.2, -0.15) is 10.4 Å². The number of aryl methyl sites for hydroxylation is 2. The maximum atomic E-state index is 9.36. The summed E-state index contributed by atoms with van der Waals surface area (Å²) in [6, 6.07) is 11.5. The quantitative estimate of drug-likeness (QED) is 0.502. The van der Waals surface area contributed by atoms with Crippen molar-refractivity contribution in [1.82, 2.24) is 20.2 Å². The van der Waals surface area contributed by atoms with Gasteiger partial charge in [-0.05, 0) is 51.0 Å². The summed E-state index contributed by atoms with van der Waals surface area (Å²) >= 11 is 0. The fraction of sp³-hybridized carbons (Fsp3) is 0.333. The Balaban J connectivity index is 1.36. The van der Waals surface area contributed by atoms with E-state index >= 15 is 0 Å². The van der Waals surface area contributed by atoms with Crippen LogP contribution in [0.25, 0.3) is 0 Å². The Bertz CT molecular complexity index is 1050. The fourth-order valence-corrected chi connectivity index (χ4v) is 3.05. The first-order chi connectivity index (χ1) is 14.1. The van der Waals surface area contributed by atoms with Crippen molar-refractivity contribution < 1.29 is 4.74 Å². The summed E-state index contributed by atoms with van der Waals surface area (Å²) in [5, 5.41) is 23.1. The van der Waals surface area contributed by atoms with E-state index in [4.69, 9.17) is 4.74 Å². The van der Waals surface area contributed by atoms with E-state index in [9.17, 15) is 5.26 Å². The van der Waals surface area contributed by atoms with E-state index in [1.54, 1.807) is 12.1 Å². The van der Waals surface area contributed by atoms with E-state index in [0.717, 1.165) is 28.6 Å². The van der Waals surface area contributed by atoms with Gasteiger partial charge in [0.1, 0.15) is 30.1 Å². The van der Waals surface area contributed by atoms with Crippen molar-refractivity contribution in [1.29, 1.82) is 5.26 Å². The monoisotopic (exact) mass is 389 g/mol. The Labute approximate surface area is 169 Å². The van der Waals surface area contributed by atoms with Gasteiger partial charge in [-0.3, -0.25) is 10.1 Å². The number of rotatable bonds is 8. The van der Waals surface area contributed by atoms with Crippen LogP contribution in [0.1, 0.15) is 41.4 Å². The van der Waals surface area contributed by atoms with Gasteiger partial charge in [0, 0.05) is 23.4 Å². The summed E-state index contributed by atoms with van der Waals surface area (Å²) in [5.41, 5.74) is 3.44. The highest BCUT2D eigenvalue weighted by Crippen LogP contribution is 2.39. The number of ether oxygens (including phenoxy) is 1. The largest absolute Gasteiger partial charge is 0.490 e. The maximum absolute atomic E-state index is 9.36. The Morgan fingerprint density at radius 2 is 2.03 bits per heavy atom. The zero-order valence-electron chi connectivity index (χ0n) is 16.5. The SMILES string of the molecule is Cc1ccc(OCCNc2nc(Nc3cc(C4CC4)[nH]n3)ccc2C#N)c(C)n1. The van der Waals surface area contributed by atoms with Gasteiger partial charge in [0.25, 0.3) is 0 Å². The van der Waals surface area contributed by atoms with E-state index in [2.05, 4.69) is 36.9 Å². The standard InChI is InChI=1S/C21H23N7O/c1-13-3-7-18(14(2)24-13)29-10-9-23-21-16(12-22)6-8-19(26-21)25-20-11-17(27-28-20)15-4-5-15/h3,6-8,11,15H,4-5,9-10H2,1-2H3,(H3,23,25,26,27,28). The summed E-state index contributed by atoms with van der Waals surface area (Å²) in [7, 11) is 0. The molecule has 8 heteroatoms. The molecule has 8 nitrogen and oxygen atoms in total. The van der Waals surface area contributed by atoms with Crippen LogP contribution in [0.2, 0.25) is 0 Å². The Morgan fingerprint density at radius 3 is 2.79 bits per heavy atom. The van der Waals surface area contributed by atoms with Crippen molar-refractivity contribution in [2.24, 2.45) is 0 Å². The van der Waals surface area contributed by atoms with Gasteiger partial charge >= 0.3 is 0 Å². The molecular formula is C21H23N7O. The first kappa shape index (κ1) is 18.7. The first-order valence-electron chi connectivity index (χ1n) is 9.67. The topological polar surface area (TPSA) is 112 Å². The number of H-pyrrole nitrogens is 1. The molecule has 0 bridgehead atoms. The third-order valence-electron chi connectivity index (χ3n) is 4.72. The highest BCUT2D eigenvalue weighted by molar-refractivity contribution is 5.60. The zero-order chi connectivity index (χ0) is 20.2. The number of pyridine rings is 2. The van der Waals surface area contributed by atoms with Crippen molar-refractivity contribution in [2.45, 2.75) is 32.6 Å². The lowest BCUT2D eigenvalue weighted by Crippen LogP contribution is -2.14. The van der Waals surface area contributed by atoms with E-state index in [1.807, 2.05) is 32.0 Å². The van der Waals surface area contributed by atoms with Crippen LogP contribution in [0.5, 0.6) is 5.75 Å². The second-order valence-electron chi connectivity index (χ2n) is 7.12. The lowest BCUT2D eigenvalue weighted by molar-refractivity contribution is 0.328. The number of nitrogens with zero attached hydrogens (tertiary/aromatic N) is 4. The zero-order valence-corrected chi connectivity index (χ0v) is 16.5. The maximum Gasteiger partial charge on any atom is 0.153 e. The second kappa shape index (κ2) is 8.19. The molecule has 0 spiro atoms. The molecule has 0 aliphatic heterocycles. The van der Waals surface area contributed by atoms with Crippen LogP contribution in [-0.2, 0) is 0 Å². The van der Waals surface area contributed by atoms with Gasteiger partial charge in [0.2, 0.25) is 0 Å². The van der Waals surface area contributed by atoms with Crippen molar-refractivity contribution in [3.05, 3.63) is 53.0 Å². The minimum Gasteiger partial charge on any atom is -0.490 e. The van der Waals surface area contributed by atoms with Crippen LogP contribution in [0, 0.1) is 25.2 Å². The van der Waals surface area contributed by atoms with Gasteiger partial charge in [0.05, 0.1) is 17.8 Å². The molecule has 0 unspecified atom stereocenters. The number of anilines is 3. The number of nitriles is 1. The highest BCUT2D eigenvalue weighted by Gasteiger charge is 2.25. The number of hydrogen-bond acceptors (Lipinski definition) is 7. The van der Waals surface area contributed by atoms with Gasteiger partial charge in [-0.1, -0.05) is 0 Å². The Morgan fingerprint density at radius 1 is 1.17 bits per heavy atom. The van der Waals surface area contributed by atoms with Crippen LogP contribution < -0.4 is 15.4 Å². The molecule has 3 aromatic rings. The molecule has 1 fully saturated rings. The minimum absolute atomic E-state index is 0.430. The molecule has 3 N–H and O–H groups in total. The molecule has 1 saturated carbocycles. The van der Waals surface area contributed by atoms with Gasteiger partial charge in [-0.25, -0.2) is 4.98 Å². The number of aromatic amines is 1. The first-order valence-corrected chi connectivity index (χ1v) is 9.67. The van der Waals surface area contributed by atoms with E-state index in [0.29, 0.717) is 36.3 Å². The molecule has 1 aliphatic rings. The van der Waals surface area contributed by atoms with Crippen molar-refractivity contribution in [3.63, 3.8) is 0 Å². The smallest absolute Gasteiger partial charge is 0.153 e. The van der Waals surface area contributed by atoms with E-state index < -0.39 is 0 Å². The molecule has 29 heavy (non-hydrogen) atoms. The number of nitrogens with one attached hydrogen (secondary N) is 3. The normalized spacial score (nSPS) is 13.0. The molecule has 3 aromatic heterocycles. The Hall–Kier alpha value is -3.60. The third kappa shape index (κ3) is 4.63. The van der Waals surface area contributed by atoms with E-state index in [-0.39, 0.29) is 0 Å². The summed E-state index contributed by atoms with van der Waals surface area (Å²) in [6.07, 6.45) is 2.43. The summed E-state index contributed by atoms with van der Waals surface area (Å²) < 4.78 is 5.78. The lowest BCUT2D eigenvalue weighted by Gasteiger charge is -2.12. The summed E-state index contributed by atoms with van der Waals surface area (Å²) in [6.45, 7) is 4.81. The molecule has 0 aromatic carbocycles. The fourth-order valence-electron chi connectivity index (χ4n) is 3.05. The van der Waals surface area contributed by atoms with Crippen LogP contribution >= 0.6 is 0 Å². The third-order valence-corrected chi connectivity index (χ3v) is 4.72. The predicted molar refractivity (Wildman–Crippen MR) is 110 cm³/mol. The number of hydrogen-bond donors (Lipinski definition) is 3. The van der Waals surface area contributed by atoms with Gasteiger partial charge < -0.3 is 15.4 Å². The van der Waals surface area contributed by atoms with Crippen molar-refractivity contribution in [3.8, 4) is 11.8 Å². The van der Waals surface area contributed by atoms with Gasteiger partial charge in [-0.15, -0.1) is 0 Å². The highest BCUT2D eigenvalue weighted by atomic mass is 16.5. The minimum atomic E-state index is 0.430. The van der Waals surface area contributed by atoms with Crippen LogP contribution in [0.3, 0.4) is 0 Å². The molecule has 1 aliphatic carbocycles. The van der Waals surface area contributed by atoms with Crippen LogP contribution in [0.15, 0.2) is 30.3 Å². The average molecular weight is 389 g/mol. The molecule has 0 atom stereocenters. The molecule has 3 heterocycles. The molecule has 0 radical (unpaired) electrons. The van der Waals surface area contributed by atoms with E-state index in [1.165, 1.54) is 12.8 Å². The Kier molecular flexibility index (Phi) is 5.29. The predicted octanol–water partition coefficient (Wildman–Crippen LogP) is 3.80. The van der Waals surface area contributed by atoms with Crippen molar-refractivity contribution >= 4 is 17.5 Å². The lowest BCUT2D eigenvalue weighted by atomic mass is 10.2. The van der Waals surface area contributed by atoms with Crippen LogP contribution in [-0.4, -0.2) is 33.3 Å². The van der Waals surface area contributed by atoms with Gasteiger partial charge in [0.15, 0.2) is 5.82 Å². The average Bonchev–Trinajstić information content (AvgIpc) is 3.46. The molecule has 148 valence electrons. The molecule has 4 rings (SSSR count). The van der Waals surface area contributed by atoms with Crippen molar-refractivity contribution in [2.75, 3.05) is 23.8 Å². The summed E-state index contributed by atoms with van der Waals surface area (Å²) in [5.74, 6) is 3.22. The number of aromatic nitrogens is 4. The van der Waals surface area contributed by atoms with Crippen LogP contribution in [0.4, 0.5) is 17.5 Å². The molecule has 0 amide bonds. The molecule has 0 saturated heterocycles. The second-order valence-corrected chi connectivity index (χ2v) is 7.12.